The second-order valence-corrected chi connectivity index (χ2v) is 4.79. The zero-order chi connectivity index (χ0) is 13.5. The molecule has 0 radical (unpaired) electrons. The SMILES string of the molecule is C=CCCCC(NCC)c1ccc2ncccc2c1. The Morgan fingerprint density at radius 2 is 2.26 bits per heavy atom. The molecule has 1 aromatic heterocycles. The summed E-state index contributed by atoms with van der Waals surface area (Å²) in [6.07, 6.45) is 7.23. The van der Waals surface area contributed by atoms with Crippen LogP contribution in [0.25, 0.3) is 10.9 Å². The van der Waals surface area contributed by atoms with Crippen LogP contribution in [0.1, 0.15) is 37.8 Å². The number of hydrogen-bond acceptors (Lipinski definition) is 2. The first kappa shape index (κ1) is 13.8. The fraction of sp³-hybridized carbons (Fsp3) is 0.353. The first-order valence-corrected chi connectivity index (χ1v) is 7.04. The largest absolute Gasteiger partial charge is 0.310 e. The van der Waals surface area contributed by atoms with E-state index in [0.29, 0.717) is 6.04 Å². The van der Waals surface area contributed by atoms with Crippen molar-refractivity contribution in [2.45, 2.75) is 32.2 Å². The van der Waals surface area contributed by atoms with Crippen LogP contribution in [0, 0.1) is 0 Å². The second-order valence-electron chi connectivity index (χ2n) is 4.79. The smallest absolute Gasteiger partial charge is 0.0702 e. The third-order valence-corrected chi connectivity index (χ3v) is 3.38. The maximum absolute atomic E-state index is 4.37. The number of unbranched alkanes of at least 4 members (excludes halogenated alkanes) is 1. The summed E-state index contributed by atoms with van der Waals surface area (Å²) >= 11 is 0. The van der Waals surface area contributed by atoms with Gasteiger partial charge in [-0.25, -0.2) is 0 Å². The molecule has 100 valence electrons. The zero-order valence-electron chi connectivity index (χ0n) is 11.6. The van der Waals surface area contributed by atoms with E-state index in [0.717, 1.165) is 24.9 Å². The average molecular weight is 254 g/mol. The molecular weight excluding hydrogens is 232 g/mol. The molecule has 19 heavy (non-hydrogen) atoms. The monoisotopic (exact) mass is 254 g/mol. The predicted octanol–water partition coefficient (Wildman–Crippen LogP) is 4.24. The molecule has 1 unspecified atom stereocenters. The number of fused-ring (bicyclic) bond motifs is 1. The van der Waals surface area contributed by atoms with Crippen LogP contribution in [0.15, 0.2) is 49.2 Å². The van der Waals surface area contributed by atoms with E-state index in [-0.39, 0.29) is 0 Å². The van der Waals surface area contributed by atoms with Crippen LogP contribution in [0.2, 0.25) is 0 Å². The highest BCUT2D eigenvalue weighted by Gasteiger charge is 2.10. The van der Waals surface area contributed by atoms with Crippen molar-refractivity contribution >= 4 is 10.9 Å². The fourth-order valence-corrected chi connectivity index (χ4v) is 2.41. The lowest BCUT2D eigenvalue weighted by Gasteiger charge is -2.18. The molecule has 0 aliphatic rings. The molecule has 0 saturated carbocycles. The summed E-state index contributed by atoms with van der Waals surface area (Å²) in [6, 6.07) is 11.1. The van der Waals surface area contributed by atoms with E-state index in [4.69, 9.17) is 0 Å². The van der Waals surface area contributed by atoms with E-state index >= 15 is 0 Å². The highest BCUT2D eigenvalue weighted by Crippen LogP contribution is 2.23. The minimum Gasteiger partial charge on any atom is -0.310 e. The lowest BCUT2D eigenvalue weighted by molar-refractivity contribution is 0.501. The van der Waals surface area contributed by atoms with Gasteiger partial charge in [-0.05, 0) is 49.6 Å². The van der Waals surface area contributed by atoms with E-state index in [1.807, 2.05) is 18.3 Å². The Bertz CT molecular complexity index is 534. The summed E-state index contributed by atoms with van der Waals surface area (Å²) in [5.41, 5.74) is 2.42. The fourth-order valence-electron chi connectivity index (χ4n) is 2.41. The first-order chi connectivity index (χ1) is 9.35. The van der Waals surface area contributed by atoms with Crippen molar-refractivity contribution in [1.82, 2.24) is 10.3 Å². The van der Waals surface area contributed by atoms with Crippen molar-refractivity contribution in [3.63, 3.8) is 0 Å². The number of hydrogen-bond donors (Lipinski definition) is 1. The van der Waals surface area contributed by atoms with Gasteiger partial charge in [-0.3, -0.25) is 4.98 Å². The molecule has 2 rings (SSSR count). The molecule has 1 atom stereocenters. The Morgan fingerprint density at radius 1 is 1.37 bits per heavy atom. The molecule has 2 aromatic rings. The number of nitrogens with zero attached hydrogens (tertiary/aromatic N) is 1. The van der Waals surface area contributed by atoms with Crippen molar-refractivity contribution < 1.29 is 0 Å². The Morgan fingerprint density at radius 3 is 3.05 bits per heavy atom. The summed E-state index contributed by atoms with van der Waals surface area (Å²) in [7, 11) is 0. The van der Waals surface area contributed by atoms with Crippen molar-refractivity contribution in [3.05, 3.63) is 54.7 Å². The van der Waals surface area contributed by atoms with Gasteiger partial charge in [0, 0.05) is 17.6 Å². The van der Waals surface area contributed by atoms with Crippen LogP contribution in [-0.4, -0.2) is 11.5 Å². The highest BCUT2D eigenvalue weighted by atomic mass is 14.9. The van der Waals surface area contributed by atoms with Crippen LogP contribution in [0.5, 0.6) is 0 Å². The van der Waals surface area contributed by atoms with Crippen LogP contribution < -0.4 is 5.32 Å². The third-order valence-electron chi connectivity index (χ3n) is 3.38. The molecule has 0 aliphatic carbocycles. The Labute approximate surface area is 115 Å². The van der Waals surface area contributed by atoms with E-state index in [1.165, 1.54) is 17.4 Å². The van der Waals surface area contributed by atoms with Crippen molar-refractivity contribution in [3.8, 4) is 0 Å². The summed E-state index contributed by atoms with van der Waals surface area (Å²) in [5, 5.41) is 4.78. The number of allylic oxidation sites excluding steroid dienone is 1. The molecule has 2 heteroatoms. The van der Waals surface area contributed by atoms with Gasteiger partial charge in [0.25, 0.3) is 0 Å². The van der Waals surface area contributed by atoms with Gasteiger partial charge in [0.15, 0.2) is 0 Å². The lowest BCUT2D eigenvalue weighted by atomic mass is 9.99. The Kier molecular flexibility index (Phi) is 5.10. The Hall–Kier alpha value is -1.67. The normalized spacial score (nSPS) is 12.5. The van der Waals surface area contributed by atoms with E-state index in [9.17, 15) is 0 Å². The molecule has 2 nitrogen and oxygen atoms in total. The van der Waals surface area contributed by atoms with E-state index in [1.54, 1.807) is 0 Å². The summed E-state index contributed by atoms with van der Waals surface area (Å²) < 4.78 is 0. The average Bonchev–Trinajstić information content (AvgIpc) is 2.46. The number of aromatic nitrogens is 1. The second kappa shape index (κ2) is 7.05. The third kappa shape index (κ3) is 3.65. The summed E-state index contributed by atoms with van der Waals surface area (Å²) in [5.74, 6) is 0. The molecule has 1 heterocycles. The molecule has 1 aromatic carbocycles. The molecule has 0 saturated heterocycles. The molecule has 0 amide bonds. The van der Waals surface area contributed by atoms with Gasteiger partial charge in [0.05, 0.1) is 5.52 Å². The zero-order valence-corrected chi connectivity index (χ0v) is 11.6. The van der Waals surface area contributed by atoms with Crippen molar-refractivity contribution in [2.24, 2.45) is 0 Å². The quantitative estimate of drug-likeness (QED) is 0.590. The van der Waals surface area contributed by atoms with Gasteiger partial charge >= 0.3 is 0 Å². The predicted molar refractivity (Wildman–Crippen MR) is 82.2 cm³/mol. The van der Waals surface area contributed by atoms with Crippen LogP contribution >= 0.6 is 0 Å². The molecular formula is C17H22N2. The van der Waals surface area contributed by atoms with Gasteiger partial charge in [-0.1, -0.05) is 25.1 Å². The molecule has 0 bridgehead atoms. The standard InChI is InChI=1S/C17H22N2/c1-3-5-6-9-16(18-4-2)15-10-11-17-14(13-15)8-7-12-19-17/h3,7-8,10-13,16,18H,1,4-6,9H2,2H3. The number of rotatable bonds is 7. The highest BCUT2D eigenvalue weighted by molar-refractivity contribution is 5.79. The minimum absolute atomic E-state index is 0.426. The molecule has 1 N–H and O–H groups in total. The van der Waals surface area contributed by atoms with E-state index < -0.39 is 0 Å². The minimum atomic E-state index is 0.426. The van der Waals surface area contributed by atoms with Gasteiger partial charge in [0.1, 0.15) is 0 Å². The number of pyridine rings is 1. The van der Waals surface area contributed by atoms with Crippen molar-refractivity contribution in [1.29, 1.82) is 0 Å². The molecule has 0 spiro atoms. The van der Waals surface area contributed by atoms with Gasteiger partial charge < -0.3 is 5.32 Å². The summed E-state index contributed by atoms with van der Waals surface area (Å²) in [4.78, 5) is 4.37. The molecule has 0 aliphatic heterocycles. The maximum atomic E-state index is 4.37. The van der Waals surface area contributed by atoms with Crippen LogP contribution in [0.3, 0.4) is 0 Å². The Balaban J connectivity index is 2.19. The maximum Gasteiger partial charge on any atom is 0.0702 e. The topological polar surface area (TPSA) is 24.9 Å². The van der Waals surface area contributed by atoms with Gasteiger partial charge in [-0.2, -0.15) is 0 Å². The van der Waals surface area contributed by atoms with Gasteiger partial charge in [-0.15, -0.1) is 6.58 Å². The van der Waals surface area contributed by atoms with E-state index in [2.05, 4.69) is 48.1 Å². The van der Waals surface area contributed by atoms with Crippen LogP contribution in [-0.2, 0) is 0 Å². The van der Waals surface area contributed by atoms with Gasteiger partial charge in [0.2, 0.25) is 0 Å². The number of benzene rings is 1. The van der Waals surface area contributed by atoms with Crippen LogP contribution in [0.4, 0.5) is 0 Å². The van der Waals surface area contributed by atoms with Crippen molar-refractivity contribution in [2.75, 3.05) is 6.54 Å². The first-order valence-electron chi connectivity index (χ1n) is 7.04. The lowest BCUT2D eigenvalue weighted by Crippen LogP contribution is -2.20. The molecule has 0 fully saturated rings. The number of nitrogens with one attached hydrogen (secondary N) is 1. The summed E-state index contributed by atoms with van der Waals surface area (Å²) in [6.45, 7) is 6.93.